The van der Waals surface area contributed by atoms with Crippen LogP contribution in [0.5, 0.6) is 0 Å². The third-order valence-corrected chi connectivity index (χ3v) is 7.13. The summed E-state index contributed by atoms with van der Waals surface area (Å²) in [5.41, 5.74) is 3.08. The number of carboxylic acids is 1. The summed E-state index contributed by atoms with van der Waals surface area (Å²) < 4.78 is 5.62. The molecule has 1 unspecified atom stereocenters. The normalized spacial score (nSPS) is 19.4. The Balaban J connectivity index is 1.49. The van der Waals surface area contributed by atoms with Gasteiger partial charge in [-0.25, -0.2) is 9.59 Å². The molecule has 0 saturated carbocycles. The first-order chi connectivity index (χ1) is 16.3. The summed E-state index contributed by atoms with van der Waals surface area (Å²) in [6.45, 7) is 3.54. The van der Waals surface area contributed by atoms with Crippen molar-refractivity contribution in [3.05, 3.63) is 59.7 Å². The number of hydrogen-bond donors (Lipinski definition) is 3. The Bertz CT molecular complexity index is 1050. The zero-order valence-electron chi connectivity index (χ0n) is 19.4. The summed E-state index contributed by atoms with van der Waals surface area (Å²) in [5.74, 6) is -1.81. The smallest absolute Gasteiger partial charge is 0.408 e. The molecule has 1 aliphatic heterocycles. The van der Waals surface area contributed by atoms with Crippen molar-refractivity contribution in [2.75, 3.05) is 13.2 Å². The van der Waals surface area contributed by atoms with E-state index in [0.717, 1.165) is 27.2 Å². The molecule has 3 N–H and O–H groups in total. The van der Waals surface area contributed by atoms with Crippen molar-refractivity contribution in [3.8, 4) is 11.1 Å². The number of carboxylic acid groups (broad SMARTS) is 1. The number of alkyl carbamates (subject to hydrolysis) is 1. The molecule has 1 aliphatic carbocycles. The van der Waals surface area contributed by atoms with Gasteiger partial charge in [0.2, 0.25) is 5.91 Å². The van der Waals surface area contributed by atoms with Crippen LogP contribution in [0.3, 0.4) is 0 Å². The Morgan fingerprint density at radius 2 is 1.59 bits per heavy atom. The van der Waals surface area contributed by atoms with Gasteiger partial charge >= 0.3 is 12.1 Å². The van der Waals surface area contributed by atoms with Gasteiger partial charge in [0.1, 0.15) is 18.2 Å². The molecule has 1 heterocycles. The third-order valence-electron chi connectivity index (χ3n) is 7.13. The number of β-amino-alcohol motifs (C(OH)–C–C–N with tert-alkyl or cyclic N) is 1. The maximum absolute atomic E-state index is 13.4. The zero-order chi connectivity index (χ0) is 24.5. The van der Waals surface area contributed by atoms with E-state index in [9.17, 15) is 24.6 Å². The minimum atomic E-state index is -1.32. The number of aliphatic hydroxyl groups excluding tert-OH is 1. The molecule has 180 valence electrons. The van der Waals surface area contributed by atoms with Gasteiger partial charge < -0.3 is 25.2 Å². The predicted octanol–water partition coefficient (Wildman–Crippen LogP) is 3.13. The van der Waals surface area contributed by atoms with Crippen molar-refractivity contribution >= 4 is 18.0 Å². The summed E-state index contributed by atoms with van der Waals surface area (Å²) in [4.78, 5) is 39.1. The van der Waals surface area contributed by atoms with E-state index in [1.807, 2.05) is 36.4 Å². The first kappa shape index (κ1) is 23.8. The Morgan fingerprint density at radius 3 is 2.12 bits per heavy atom. The first-order valence-electron chi connectivity index (χ1n) is 11.7. The molecule has 0 bridgehead atoms. The lowest BCUT2D eigenvalue weighted by Crippen LogP contribution is -2.61. The number of rotatable bonds is 7. The molecule has 0 spiro atoms. The number of ether oxygens (including phenoxy) is 1. The number of hydrogen-bond acceptors (Lipinski definition) is 5. The number of aliphatic carboxylic acids is 1. The summed E-state index contributed by atoms with van der Waals surface area (Å²) in [6.07, 6.45) is -1.16. The number of benzene rings is 2. The van der Waals surface area contributed by atoms with Gasteiger partial charge in [-0.1, -0.05) is 62.4 Å². The van der Waals surface area contributed by atoms with Gasteiger partial charge in [-0.2, -0.15) is 0 Å². The fourth-order valence-electron chi connectivity index (χ4n) is 5.16. The summed E-state index contributed by atoms with van der Waals surface area (Å²) >= 11 is 0. The molecule has 1 fully saturated rings. The summed E-state index contributed by atoms with van der Waals surface area (Å²) in [6, 6.07) is 14.9. The maximum Gasteiger partial charge on any atom is 0.408 e. The van der Waals surface area contributed by atoms with E-state index in [0.29, 0.717) is 0 Å². The largest absolute Gasteiger partial charge is 0.480 e. The van der Waals surface area contributed by atoms with Gasteiger partial charge in [0.05, 0.1) is 6.10 Å². The van der Waals surface area contributed by atoms with Crippen LogP contribution in [0.15, 0.2) is 48.5 Å². The minimum absolute atomic E-state index is 0.0322. The molecule has 8 nitrogen and oxygen atoms in total. The molecule has 34 heavy (non-hydrogen) atoms. The molecule has 4 rings (SSSR count). The monoisotopic (exact) mass is 466 g/mol. The quantitative estimate of drug-likeness (QED) is 0.577. The van der Waals surface area contributed by atoms with Crippen molar-refractivity contribution in [3.63, 3.8) is 0 Å². The lowest BCUT2D eigenvalue weighted by molar-refractivity contribution is -0.151. The van der Waals surface area contributed by atoms with Crippen molar-refractivity contribution in [1.82, 2.24) is 10.2 Å². The Morgan fingerprint density at radius 1 is 1.03 bits per heavy atom. The Hall–Kier alpha value is -3.39. The third kappa shape index (κ3) is 4.14. The van der Waals surface area contributed by atoms with Gasteiger partial charge in [0.25, 0.3) is 0 Å². The molecule has 0 aromatic heterocycles. The average molecular weight is 467 g/mol. The van der Waals surface area contributed by atoms with Gasteiger partial charge in [-0.15, -0.1) is 0 Å². The highest BCUT2D eigenvalue weighted by atomic mass is 16.5. The molecule has 2 amide bonds. The maximum atomic E-state index is 13.4. The molecule has 2 atom stereocenters. The van der Waals surface area contributed by atoms with E-state index in [1.54, 1.807) is 13.8 Å². The summed E-state index contributed by atoms with van der Waals surface area (Å²) in [5, 5.41) is 22.2. The van der Waals surface area contributed by atoms with E-state index < -0.39 is 35.7 Å². The lowest BCUT2D eigenvalue weighted by atomic mass is 9.90. The van der Waals surface area contributed by atoms with E-state index in [4.69, 9.17) is 4.74 Å². The Kier molecular flexibility index (Phi) is 6.61. The lowest BCUT2D eigenvalue weighted by Gasteiger charge is -2.36. The molecule has 2 aromatic carbocycles. The fourth-order valence-corrected chi connectivity index (χ4v) is 5.16. The number of likely N-dealkylation sites (tertiary alicyclic amines) is 1. The van der Waals surface area contributed by atoms with E-state index >= 15 is 0 Å². The van der Waals surface area contributed by atoms with Crippen LogP contribution in [0.25, 0.3) is 11.1 Å². The molecular formula is C26H30N2O6. The number of fused-ring (bicyclic) bond motifs is 3. The van der Waals surface area contributed by atoms with Crippen LogP contribution in [-0.4, -0.2) is 63.9 Å². The molecule has 1 saturated heterocycles. The van der Waals surface area contributed by atoms with E-state index in [-0.39, 0.29) is 38.3 Å². The highest BCUT2D eigenvalue weighted by Gasteiger charge is 2.47. The zero-order valence-corrected chi connectivity index (χ0v) is 19.4. The van der Waals surface area contributed by atoms with E-state index in [2.05, 4.69) is 17.4 Å². The molecule has 2 aliphatic rings. The van der Waals surface area contributed by atoms with Crippen LogP contribution in [-0.2, 0) is 14.3 Å². The van der Waals surface area contributed by atoms with Gasteiger partial charge in [0, 0.05) is 18.9 Å². The van der Waals surface area contributed by atoms with Crippen molar-refractivity contribution < 1.29 is 29.3 Å². The van der Waals surface area contributed by atoms with Crippen LogP contribution >= 0.6 is 0 Å². The van der Waals surface area contributed by atoms with Crippen LogP contribution in [0.4, 0.5) is 4.79 Å². The number of nitrogens with zero attached hydrogens (tertiary/aromatic N) is 1. The van der Waals surface area contributed by atoms with E-state index in [1.165, 1.54) is 0 Å². The van der Waals surface area contributed by atoms with Crippen LogP contribution in [0, 0.1) is 0 Å². The van der Waals surface area contributed by atoms with Gasteiger partial charge in [0.15, 0.2) is 0 Å². The number of carbonyl (C=O) groups excluding carboxylic acids is 2. The molecular weight excluding hydrogens is 436 g/mol. The highest BCUT2D eigenvalue weighted by molar-refractivity contribution is 5.93. The van der Waals surface area contributed by atoms with Crippen molar-refractivity contribution in [1.29, 1.82) is 0 Å². The van der Waals surface area contributed by atoms with Gasteiger partial charge in [-0.05, 0) is 35.1 Å². The van der Waals surface area contributed by atoms with Crippen LogP contribution in [0.2, 0.25) is 0 Å². The molecule has 2 aromatic rings. The van der Waals surface area contributed by atoms with Crippen LogP contribution < -0.4 is 5.32 Å². The second-order valence-electron chi connectivity index (χ2n) is 8.94. The van der Waals surface area contributed by atoms with Crippen molar-refractivity contribution in [2.24, 2.45) is 0 Å². The SMILES string of the molecule is CCC(CC)(NC(=O)OCC1c2ccccc2-c2ccccc21)C(=O)N1CC(O)C[C@H]1C(=O)O. The predicted molar refractivity (Wildman–Crippen MR) is 125 cm³/mol. The van der Waals surface area contributed by atoms with Crippen molar-refractivity contribution in [2.45, 2.75) is 56.7 Å². The fraction of sp³-hybridized carbons (Fsp3) is 0.423. The second kappa shape index (κ2) is 9.46. The minimum Gasteiger partial charge on any atom is -0.480 e. The number of amides is 2. The number of nitrogens with one attached hydrogen (secondary N) is 1. The number of carbonyl (C=O) groups is 3. The second-order valence-corrected chi connectivity index (χ2v) is 8.94. The van der Waals surface area contributed by atoms with Gasteiger partial charge in [-0.3, -0.25) is 4.79 Å². The van der Waals surface area contributed by atoms with Crippen LogP contribution in [0.1, 0.15) is 50.2 Å². The average Bonchev–Trinajstić information content (AvgIpc) is 3.39. The Labute approximate surface area is 198 Å². The molecule has 8 heteroatoms. The molecule has 0 radical (unpaired) electrons. The first-order valence-corrected chi connectivity index (χ1v) is 11.7. The standard InChI is InChI=1S/C26H30N2O6/c1-3-26(4-2,24(32)28-14-16(29)13-22(28)23(30)31)27-25(33)34-15-21-19-11-7-5-9-17(19)18-10-6-8-12-20(18)21/h5-12,16,21-22,29H,3-4,13-15H2,1-2H3,(H,27,33)(H,30,31)/t16?,22-/m0/s1. The highest BCUT2D eigenvalue weighted by Crippen LogP contribution is 2.44. The summed E-state index contributed by atoms with van der Waals surface area (Å²) in [7, 11) is 0. The number of aliphatic hydroxyl groups is 1. The topological polar surface area (TPSA) is 116 Å².